The van der Waals surface area contributed by atoms with Gasteiger partial charge in [0.05, 0.1) is 39.3 Å². The minimum absolute atomic E-state index is 0.0783. The lowest BCUT2D eigenvalue weighted by molar-refractivity contribution is -0.897. The molecule has 7 heteroatoms. The molecule has 2 aliphatic rings. The number of benzene rings is 1. The summed E-state index contributed by atoms with van der Waals surface area (Å²) < 4.78 is 12.9. The van der Waals surface area contributed by atoms with Crippen LogP contribution < -0.4 is 15.1 Å². The summed E-state index contributed by atoms with van der Waals surface area (Å²) in [5, 5.41) is 2.80. The molecule has 0 saturated carbocycles. The van der Waals surface area contributed by atoms with Crippen molar-refractivity contribution in [3.05, 3.63) is 30.1 Å². The third-order valence-electron chi connectivity index (χ3n) is 5.57. The molecule has 0 spiro atoms. The maximum Gasteiger partial charge on any atom is 0.279 e. The second-order valence-electron chi connectivity index (χ2n) is 7.70. The van der Waals surface area contributed by atoms with E-state index >= 15 is 0 Å². The van der Waals surface area contributed by atoms with Crippen molar-refractivity contribution >= 4 is 17.5 Å². The van der Waals surface area contributed by atoms with E-state index in [4.69, 9.17) is 0 Å². The van der Waals surface area contributed by atoms with Gasteiger partial charge in [0.1, 0.15) is 5.82 Å². The molecular weight excluding hydrogens is 347 g/mol. The van der Waals surface area contributed by atoms with Crippen molar-refractivity contribution in [2.45, 2.75) is 25.7 Å². The Labute approximate surface area is 160 Å². The van der Waals surface area contributed by atoms with Gasteiger partial charge in [0.15, 0.2) is 13.1 Å². The van der Waals surface area contributed by atoms with Gasteiger partial charge in [-0.3, -0.25) is 9.59 Å². The summed E-state index contributed by atoms with van der Waals surface area (Å²) >= 11 is 0. The first kappa shape index (κ1) is 19.8. The smallest absolute Gasteiger partial charge is 0.279 e. The van der Waals surface area contributed by atoms with Gasteiger partial charge in [-0.05, 0) is 49.9 Å². The summed E-state index contributed by atoms with van der Waals surface area (Å²) in [5.41, 5.74) is 0.607. The number of rotatable bonds is 5. The van der Waals surface area contributed by atoms with E-state index in [1.807, 2.05) is 4.90 Å². The molecule has 0 aliphatic carbocycles. The Hall–Kier alpha value is -1.99. The van der Waals surface area contributed by atoms with Gasteiger partial charge in [-0.15, -0.1) is 0 Å². The van der Waals surface area contributed by atoms with Gasteiger partial charge in [-0.2, -0.15) is 0 Å². The minimum atomic E-state index is -0.318. The number of carbonyl (C=O) groups is 2. The predicted molar refractivity (Wildman–Crippen MR) is 101 cm³/mol. The Morgan fingerprint density at radius 3 is 2.11 bits per heavy atom. The highest BCUT2D eigenvalue weighted by Gasteiger charge is 2.27. The summed E-state index contributed by atoms with van der Waals surface area (Å²) in [5.74, 6) is -0.145. The van der Waals surface area contributed by atoms with Crippen LogP contribution >= 0.6 is 0 Å². The number of amides is 2. The summed E-state index contributed by atoms with van der Waals surface area (Å²) in [6, 6.07) is 5.78. The van der Waals surface area contributed by atoms with Crippen LogP contribution in [0.25, 0.3) is 0 Å². The number of nitrogens with zero attached hydrogens (tertiary/aromatic N) is 1. The highest BCUT2D eigenvalue weighted by atomic mass is 19.1. The number of hydrogen-bond acceptors (Lipinski definition) is 2. The van der Waals surface area contributed by atoms with Crippen molar-refractivity contribution in [3.63, 3.8) is 0 Å². The molecule has 3 rings (SSSR count). The Morgan fingerprint density at radius 1 is 0.889 bits per heavy atom. The SMILES string of the molecule is O=C(C[NH+]1CCN(C(=O)C[NH+]2CCCCCC2)CC1)Nc1ccc(F)cc1. The Kier molecular flexibility index (Phi) is 7.18. The summed E-state index contributed by atoms with van der Waals surface area (Å²) in [6.07, 6.45) is 5.03. The van der Waals surface area contributed by atoms with E-state index in [1.165, 1.54) is 47.6 Å². The normalized spacial score (nSPS) is 19.5. The topological polar surface area (TPSA) is 58.3 Å². The van der Waals surface area contributed by atoms with E-state index in [0.717, 1.165) is 26.2 Å². The number of quaternary nitrogens is 2. The van der Waals surface area contributed by atoms with Crippen LogP contribution in [-0.4, -0.2) is 69.1 Å². The number of hydrogen-bond donors (Lipinski definition) is 3. The first-order chi connectivity index (χ1) is 13.1. The van der Waals surface area contributed by atoms with E-state index in [1.54, 1.807) is 12.1 Å². The zero-order valence-corrected chi connectivity index (χ0v) is 15.9. The summed E-state index contributed by atoms with van der Waals surface area (Å²) in [7, 11) is 0. The second kappa shape index (κ2) is 9.80. The fourth-order valence-corrected chi connectivity index (χ4v) is 3.95. The Balaban J connectivity index is 1.38. The monoisotopic (exact) mass is 378 g/mol. The molecule has 0 bridgehead atoms. The molecule has 6 nitrogen and oxygen atoms in total. The van der Waals surface area contributed by atoms with Crippen LogP contribution in [0.4, 0.5) is 10.1 Å². The van der Waals surface area contributed by atoms with Crippen LogP contribution in [0.3, 0.4) is 0 Å². The van der Waals surface area contributed by atoms with E-state index in [0.29, 0.717) is 31.9 Å². The molecule has 2 aliphatic heterocycles. The van der Waals surface area contributed by atoms with Gasteiger partial charge in [-0.25, -0.2) is 4.39 Å². The van der Waals surface area contributed by atoms with Crippen molar-refractivity contribution in [1.29, 1.82) is 0 Å². The van der Waals surface area contributed by atoms with Crippen LogP contribution in [0, 0.1) is 5.82 Å². The highest BCUT2D eigenvalue weighted by Crippen LogP contribution is 2.07. The van der Waals surface area contributed by atoms with Gasteiger partial charge in [-0.1, -0.05) is 0 Å². The molecule has 3 N–H and O–H groups in total. The van der Waals surface area contributed by atoms with Gasteiger partial charge in [0.2, 0.25) is 0 Å². The highest BCUT2D eigenvalue weighted by molar-refractivity contribution is 5.91. The van der Waals surface area contributed by atoms with Crippen molar-refractivity contribution in [2.24, 2.45) is 0 Å². The summed E-state index contributed by atoms with van der Waals surface area (Å²) in [4.78, 5) is 29.3. The van der Waals surface area contributed by atoms with Crippen molar-refractivity contribution in [2.75, 3.05) is 57.7 Å². The predicted octanol–water partition coefficient (Wildman–Crippen LogP) is -1.05. The zero-order chi connectivity index (χ0) is 19.1. The van der Waals surface area contributed by atoms with Crippen LogP contribution in [-0.2, 0) is 9.59 Å². The summed E-state index contributed by atoms with van der Waals surface area (Å²) in [6.45, 7) is 6.21. The zero-order valence-electron chi connectivity index (χ0n) is 15.9. The number of piperazine rings is 1. The maximum absolute atomic E-state index is 12.9. The molecular formula is C20H31FN4O2+2. The lowest BCUT2D eigenvalue weighted by Gasteiger charge is -2.32. The van der Waals surface area contributed by atoms with Crippen molar-refractivity contribution in [3.8, 4) is 0 Å². The van der Waals surface area contributed by atoms with Gasteiger partial charge in [0.25, 0.3) is 11.8 Å². The molecule has 0 radical (unpaired) electrons. The fraction of sp³-hybridized carbons (Fsp3) is 0.600. The quantitative estimate of drug-likeness (QED) is 0.613. The molecule has 1 aromatic rings. The number of nitrogens with one attached hydrogen (secondary N) is 3. The van der Waals surface area contributed by atoms with E-state index in [-0.39, 0.29) is 17.6 Å². The lowest BCUT2D eigenvalue weighted by atomic mass is 10.2. The number of halogens is 1. The Bertz CT molecular complexity index is 621. The molecule has 148 valence electrons. The van der Waals surface area contributed by atoms with Crippen LogP contribution in [0.1, 0.15) is 25.7 Å². The third kappa shape index (κ3) is 6.29. The number of carbonyl (C=O) groups excluding carboxylic acids is 2. The minimum Gasteiger partial charge on any atom is -0.327 e. The van der Waals surface area contributed by atoms with E-state index in [2.05, 4.69) is 5.32 Å². The average Bonchev–Trinajstić information content (AvgIpc) is 2.93. The van der Waals surface area contributed by atoms with Gasteiger partial charge < -0.3 is 20.0 Å². The Morgan fingerprint density at radius 2 is 1.48 bits per heavy atom. The fourth-order valence-electron chi connectivity index (χ4n) is 3.95. The van der Waals surface area contributed by atoms with E-state index in [9.17, 15) is 14.0 Å². The molecule has 27 heavy (non-hydrogen) atoms. The largest absolute Gasteiger partial charge is 0.327 e. The first-order valence-corrected chi connectivity index (χ1v) is 10.1. The number of likely N-dealkylation sites (tertiary alicyclic amines) is 1. The molecule has 2 fully saturated rings. The first-order valence-electron chi connectivity index (χ1n) is 10.1. The molecule has 0 unspecified atom stereocenters. The molecule has 2 amide bonds. The molecule has 2 saturated heterocycles. The maximum atomic E-state index is 12.9. The standard InChI is InChI=1S/C20H29FN4O2/c21-17-5-7-18(8-6-17)22-19(26)15-24-11-13-25(14-12-24)20(27)16-23-9-3-1-2-4-10-23/h5-8H,1-4,9-16H2,(H,22,26)/p+2. The molecule has 0 atom stereocenters. The molecule has 2 heterocycles. The second-order valence-corrected chi connectivity index (χ2v) is 7.70. The van der Waals surface area contributed by atoms with Crippen molar-refractivity contribution in [1.82, 2.24) is 4.90 Å². The average molecular weight is 378 g/mol. The van der Waals surface area contributed by atoms with Gasteiger partial charge in [0, 0.05) is 5.69 Å². The lowest BCUT2D eigenvalue weighted by Crippen LogP contribution is -3.16. The van der Waals surface area contributed by atoms with Crippen LogP contribution in [0.15, 0.2) is 24.3 Å². The molecule has 0 aromatic heterocycles. The van der Waals surface area contributed by atoms with Crippen LogP contribution in [0.5, 0.6) is 0 Å². The van der Waals surface area contributed by atoms with Crippen molar-refractivity contribution < 1.29 is 23.8 Å². The van der Waals surface area contributed by atoms with Gasteiger partial charge >= 0.3 is 0 Å². The molecule has 1 aromatic carbocycles. The third-order valence-corrected chi connectivity index (χ3v) is 5.57. The van der Waals surface area contributed by atoms with E-state index < -0.39 is 0 Å². The number of anilines is 1. The van der Waals surface area contributed by atoms with Crippen LogP contribution in [0.2, 0.25) is 0 Å².